The van der Waals surface area contributed by atoms with E-state index in [0.29, 0.717) is 47.1 Å². The number of hydrogen-bond acceptors (Lipinski definition) is 6. The Labute approximate surface area is 184 Å². The smallest absolute Gasteiger partial charge is 0.349 e. The van der Waals surface area contributed by atoms with Gasteiger partial charge in [-0.05, 0) is 38.8 Å². The normalized spacial score (nSPS) is 12.9. The van der Waals surface area contributed by atoms with Crippen molar-refractivity contribution in [1.82, 2.24) is 0 Å². The van der Waals surface area contributed by atoms with Gasteiger partial charge in [0.15, 0.2) is 0 Å². The van der Waals surface area contributed by atoms with E-state index in [1.165, 1.54) is 6.07 Å². The van der Waals surface area contributed by atoms with E-state index < -0.39 is 11.5 Å². The van der Waals surface area contributed by atoms with Crippen LogP contribution in [0, 0.1) is 5.92 Å². The van der Waals surface area contributed by atoms with Crippen molar-refractivity contribution < 1.29 is 23.5 Å². The van der Waals surface area contributed by atoms with Crippen molar-refractivity contribution >= 4 is 34.2 Å². The fourth-order valence-electron chi connectivity index (χ4n) is 3.30. The predicted octanol–water partition coefficient (Wildman–Crippen LogP) is 4.19. The van der Waals surface area contributed by atoms with Crippen LogP contribution in [0.5, 0.6) is 11.5 Å². The molecule has 166 valence electrons. The number of rotatable bonds is 8. The predicted molar refractivity (Wildman–Crippen MR) is 121 cm³/mol. The largest absolute Gasteiger partial charge is 0.492 e. The Bertz CT molecular complexity index is 1230. The molecule has 0 saturated heterocycles. The molecule has 2 amide bonds. The van der Waals surface area contributed by atoms with Gasteiger partial charge in [-0.25, -0.2) is 4.79 Å². The molecular formula is C24H24N2O6. The zero-order valence-corrected chi connectivity index (χ0v) is 17.9. The third-order valence-corrected chi connectivity index (χ3v) is 5.02. The van der Waals surface area contributed by atoms with Gasteiger partial charge < -0.3 is 24.5 Å². The first-order valence-corrected chi connectivity index (χ1v) is 10.6. The van der Waals surface area contributed by atoms with Crippen LogP contribution in [0.1, 0.15) is 37.0 Å². The van der Waals surface area contributed by atoms with Gasteiger partial charge in [-0.1, -0.05) is 18.2 Å². The van der Waals surface area contributed by atoms with Crippen molar-refractivity contribution in [2.24, 2.45) is 5.92 Å². The number of para-hydroxylation sites is 1. The lowest BCUT2D eigenvalue weighted by atomic mass is 10.1. The Hall–Kier alpha value is -3.81. The highest BCUT2D eigenvalue weighted by atomic mass is 16.5. The number of fused-ring (bicyclic) bond motifs is 1. The second kappa shape index (κ2) is 9.13. The van der Waals surface area contributed by atoms with Crippen LogP contribution < -0.4 is 25.7 Å². The van der Waals surface area contributed by atoms with E-state index in [-0.39, 0.29) is 17.4 Å². The molecule has 32 heavy (non-hydrogen) atoms. The number of hydrogen-bond donors (Lipinski definition) is 2. The van der Waals surface area contributed by atoms with Crippen LogP contribution in [0.3, 0.4) is 0 Å². The van der Waals surface area contributed by atoms with E-state index in [4.69, 9.17) is 13.9 Å². The first kappa shape index (κ1) is 21.4. The van der Waals surface area contributed by atoms with E-state index in [1.807, 2.05) is 13.8 Å². The molecule has 0 atom stereocenters. The van der Waals surface area contributed by atoms with E-state index in [0.717, 1.165) is 12.8 Å². The number of benzene rings is 2. The van der Waals surface area contributed by atoms with Crippen molar-refractivity contribution in [3.63, 3.8) is 0 Å². The molecule has 8 nitrogen and oxygen atoms in total. The number of anilines is 2. The maximum absolute atomic E-state index is 12.9. The third-order valence-electron chi connectivity index (χ3n) is 5.02. The van der Waals surface area contributed by atoms with Crippen LogP contribution in [0.2, 0.25) is 0 Å². The molecule has 0 spiro atoms. The Morgan fingerprint density at radius 3 is 2.22 bits per heavy atom. The first-order valence-electron chi connectivity index (χ1n) is 10.6. The highest BCUT2D eigenvalue weighted by molar-refractivity contribution is 6.06. The lowest BCUT2D eigenvalue weighted by Gasteiger charge is -2.17. The number of carbonyl (C=O) groups is 2. The van der Waals surface area contributed by atoms with Crippen molar-refractivity contribution in [1.29, 1.82) is 0 Å². The number of ether oxygens (including phenoxy) is 2. The molecule has 2 N–H and O–H groups in total. The standard InChI is InChI=1S/C24H24N2O6/c1-3-30-20-13-18(21(31-4-2)12-17(20)25-22(27)14-9-10-14)26-23(28)16-11-15-7-5-6-8-19(15)32-24(16)29/h5-8,11-14H,3-4,9-10H2,1-2H3,(H,25,27)(H,26,28). The van der Waals surface area contributed by atoms with Gasteiger partial charge in [-0.2, -0.15) is 0 Å². The molecule has 2 aromatic carbocycles. The molecule has 1 fully saturated rings. The Balaban J connectivity index is 1.67. The number of amides is 2. The van der Waals surface area contributed by atoms with Crippen LogP contribution in [-0.2, 0) is 4.79 Å². The second-order valence-electron chi connectivity index (χ2n) is 7.41. The Morgan fingerprint density at radius 1 is 0.969 bits per heavy atom. The van der Waals surface area contributed by atoms with E-state index in [9.17, 15) is 14.4 Å². The summed E-state index contributed by atoms with van der Waals surface area (Å²) >= 11 is 0. The van der Waals surface area contributed by atoms with Gasteiger partial charge in [0.25, 0.3) is 5.91 Å². The molecule has 4 rings (SSSR count). The van der Waals surface area contributed by atoms with Gasteiger partial charge in [-0.3, -0.25) is 9.59 Å². The van der Waals surface area contributed by atoms with Gasteiger partial charge in [0.2, 0.25) is 5.91 Å². The fourth-order valence-corrected chi connectivity index (χ4v) is 3.30. The fraction of sp³-hybridized carbons (Fsp3) is 0.292. The average Bonchev–Trinajstić information content (AvgIpc) is 3.62. The maximum Gasteiger partial charge on any atom is 0.349 e. The van der Waals surface area contributed by atoms with Crippen LogP contribution in [-0.4, -0.2) is 25.0 Å². The molecule has 1 saturated carbocycles. The van der Waals surface area contributed by atoms with Gasteiger partial charge in [-0.15, -0.1) is 0 Å². The minimum Gasteiger partial charge on any atom is -0.492 e. The van der Waals surface area contributed by atoms with Crippen LogP contribution in [0.4, 0.5) is 11.4 Å². The lowest BCUT2D eigenvalue weighted by molar-refractivity contribution is -0.117. The maximum atomic E-state index is 12.9. The van der Waals surface area contributed by atoms with Crippen LogP contribution in [0.25, 0.3) is 11.0 Å². The molecular weight excluding hydrogens is 412 g/mol. The second-order valence-corrected chi connectivity index (χ2v) is 7.41. The monoisotopic (exact) mass is 436 g/mol. The van der Waals surface area contributed by atoms with E-state index in [2.05, 4.69) is 10.6 Å². The molecule has 8 heteroatoms. The minimum absolute atomic E-state index is 0.0199. The molecule has 0 aliphatic heterocycles. The summed E-state index contributed by atoms with van der Waals surface area (Å²) in [6.45, 7) is 4.33. The Morgan fingerprint density at radius 2 is 1.59 bits per heavy atom. The van der Waals surface area contributed by atoms with Crippen molar-refractivity contribution in [3.8, 4) is 11.5 Å². The van der Waals surface area contributed by atoms with E-state index >= 15 is 0 Å². The molecule has 1 heterocycles. The number of nitrogens with one attached hydrogen (secondary N) is 2. The van der Waals surface area contributed by atoms with Gasteiger partial charge in [0.1, 0.15) is 22.6 Å². The van der Waals surface area contributed by atoms with E-state index in [1.54, 1.807) is 36.4 Å². The molecule has 1 aliphatic carbocycles. The Kier molecular flexibility index (Phi) is 6.11. The molecule has 3 aromatic rings. The van der Waals surface area contributed by atoms with Gasteiger partial charge >= 0.3 is 5.63 Å². The van der Waals surface area contributed by atoms with Crippen molar-refractivity contribution in [2.75, 3.05) is 23.8 Å². The summed E-state index contributed by atoms with van der Waals surface area (Å²) in [5.41, 5.74) is 0.318. The van der Waals surface area contributed by atoms with Crippen LogP contribution >= 0.6 is 0 Å². The summed E-state index contributed by atoms with van der Waals surface area (Å²) in [7, 11) is 0. The van der Waals surface area contributed by atoms with Crippen molar-refractivity contribution in [3.05, 3.63) is 58.4 Å². The first-order chi connectivity index (χ1) is 15.5. The molecule has 0 radical (unpaired) electrons. The molecule has 0 bridgehead atoms. The highest BCUT2D eigenvalue weighted by Gasteiger charge is 2.30. The average molecular weight is 436 g/mol. The number of carbonyl (C=O) groups excluding carboxylic acids is 2. The molecule has 0 unspecified atom stereocenters. The SMILES string of the molecule is CCOc1cc(NC(=O)C2CC2)c(OCC)cc1NC(=O)c1cc2ccccc2oc1=O. The quantitative estimate of drug-likeness (QED) is 0.513. The highest BCUT2D eigenvalue weighted by Crippen LogP contribution is 2.39. The zero-order chi connectivity index (χ0) is 22.7. The summed E-state index contributed by atoms with van der Waals surface area (Å²) in [4.78, 5) is 37.6. The van der Waals surface area contributed by atoms with Crippen molar-refractivity contribution in [2.45, 2.75) is 26.7 Å². The minimum atomic E-state index is -0.738. The summed E-state index contributed by atoms with van der Waals surface area (Å²) in [5, 5.41) is 6.23. The zero-order valence-electron chi connectivity index (χ0n) is 17.9. The van der Waals surface area contributed by atoms with Crippen LogP contribution in [0.15, 0.2) is 51.7 Å². The summed E-state index contributed by atoms with van der Waals surface area (Å²) < 4.78 is 16.6. The summed E-state index contributed by atoms with van der Waals surface area (Å²) in [6.07, 6.45) is 1.74. The summed E-state index contributed by atoms with van der Waals surface area (Å²) in [5.74, 6) is 0.0551. The molecule has 1 aromatic heterocycles. The third kappa shape index (κ3) is 4.59. The van der Waals surface area contributed by atoms with Gasteiger partial charge in [0, 0.05) is 23.4 Å². The topological polar surface area (TPSA) is 107 Å². The summed E-state index contributed by atoms with van der Waals surface area (Å²) in [6, 6.07) is 11.6. The lowest BCUT2D eigenvalue weighted by Crippen LogP contribution is -2.21. The molecule has 1 aliphatic rings. The van der Waals surface area contributed by atoms with Gasteiger partial charge in [0.05, 0.1) is 24.6 Å².